The van der Waals surface area contributed by atoms with E-state index in [1.807, 2.05) is 41.0 Å². The Morgan fingerprint density at radius 3 is 2.14 bits per heavy atom. The van der Waals surface area contributed by atoms with Crippen LogP contribution in [-0.4, -0.2) is 30.8 Å². The highest BCUT2D eigenvalue weighted by molar-refractivity contribution is 6.31. The third-order valence-corrected chi connectivity index (χ3v) is 7.68. The molecule has 188 valence electrons. The van der Waals surface area contributed by atoms with Gasteiger partial charge >= 0.3 is 5.69 Å². The predicted octanol–water partition coefficient (Wildman–Crippen LogP) is 3.98. The number of hydrogen-bond donors (Lipinski definition) is 2. The number of nitrogens with one attached hydrogen (secondary N) is 1. The van der Waals surface area contributed by atoms with Crippen molar-refractivity contribution >= 4 is 40.3 Å². The summed E-state index contributed by atoms with van der Waals surface area (Å²) in [5, 5.41) is 4.55. The van der Waals surface area contributed by atoms with E-state index in [2.05, 4.69) is 5.32 Å². The Balaban J connectivity index is 1.70. The van der Waals surface area contributed by atoms with Gasteiger partial charge in [-0.1, -0.05) is 72.4 Å². The predicted molar refractivity (Wildman–Crippen MR) is 144 cm³/mol. The monoisotopic (exact) mass is 526 g/mol. The van der Waals surface area contributed by atoms with Crippen LogP contribution in [0.25, 0.3) is 11.2 Å². The zero-order valence-electron chi connectivity index (χ0n) is 20.0. The molecular formula is C26H28Cl2N6O2. The molecule has 10 heteroatoms. The van der Waals surface area contributed by atoms with Gasteiger partial charge in [0.1, 0.15) is 0 Å². The SMILES string of the molecule is Cn1c(=O)n(Cc2ccccc2Cl)c(=O)c2c1nc(NC1CCCCC1N)n2Cc1ccccc1Cl. The van der Waals surface area contributed by atoms with E-state index < -0.39 is 11.2 Å². The number of rotatable bonds is 6. The van der Waals surface area contributed by atoms with Crippen LogP contribution < -0.4 is 22.3 Å². The summed E-state index contributed by atoms with van der Waals surface area (Å²) in [6.45, 7) is 0.356. The maximum atomic E-state index is 13.8. The highest BCUT2D eigenvalue weighted by Gasteiger charge is 2.26. The summed E-state index contributed by atoms with van der Waals surface area (Å²) >= 11 is 12.8. The molecule has 2 atom stereocenters. The van der Waals surface area contributed by atoms with Crippen LogP contribution in [-0.2, 0) is 20.1 Å². The number of anilines is 1. The lowest BCUT2D eigenvalue weighted by Gasteiger charge is -2.29. The molecule has 0 amide bonds. The first kappa shape index (κ1) is 24.6. The largest absolute Gasteiger partial charge is 0.351 e. The van der Waals surface area contributed by atoms with E-state index in [9.17, 15) is 9.59 Å². The minimum Gasteiger partial charge on any atom is -0.351 e. The maximum absolute atomic E-state index is 13.8. The number of benzene rings is 2. The van der Waals surface area contributed by atoms with Crippen LogP contribution in [0.4, 0.5) is 5.95 Å². The number of nitrogens with zero attached hydrogens (tertiary/aromatic N) is 4. The summed E-state index contributed by atoms with van der Waals surface area (Å²) in [6, 6.07) is 14.7. The second kappa shape index (κ2) is 10.1. The molecule has 2 unspecified atom stereocenters. The molecule has 2 aromatic heterocycles. The van der Waals surface area contributed by atoms with E-state index in [0.717, 1.165) is 31.2 Å². The zero-order valence-corrected chi connectivity index (χ0v) is 21.5. The van der Waals surface area contributed by atoms with Crippen LogP contribution in [0.3, 0.4) is 0 Å². The lowest BCUT2D eigenvalue weighted by atomic mass is 9.91. The van der Waals surface area contributed by atoms with Crippen LogP contribution in [0, 0.1) is 0 Å². The van der Waals surface area contributed by atoms with Crippen molar-refractivity contribution in [3.63, 3.8) is 0 Å². The fourth-order valence-corrected chi connectivity index (χ4v) is 5.26. The normalized spacial score (nSPS) is 18.0. The summed E-state index contributed by atoms with van der Waals surface area (Å²) in [5.41, 5.74) is 7.64. The van der Waals surface area contributed by atoms with Gasteiger partial charge in [-0.3, -0.25) is 18.5 Å². The van der Waals surface area contributed by atoms with Crippen molar-refractivity contribution in [1.29, 1.82) is 0 Å². The van der Waals surface area contributed by atoms with Gasteiger partial charge in [-0.05, 0) is 36.1 Å². The first-order valence-electron chi connectivity index (χ1n) is 12.0. The second-order valence-corrected chi connectivity index (χ2v) is 10.1. The van der Waals surface area contributed by atoms with E-state index in [1.54, 1.807) is 19.2 Å². The number of hydrogen-bond acceptors (Lipinski definition) is 5. The second-order valence-electron chi connectivity index (χ2n) is 9.31. The number of halogens is 2. The van der Waals surface area contributed by atoms with Crippen LogP contribution in [0.5, 0.6) is 0 Å². The summed E-state index contributed by atoms with van der Waals surface area (Å²) in [4.78, 5) is 31.8. The molecule has 1 aliphatic carbocycles. The molecule has 0 bridgehead atoms. The Kier molecular flexibility index (Phi) is 6.92. The summed E-state index contributed by atoms with van der Waals surface area (Å²) < 4.78 is 4.41. The Labute approximate surface area is 218 Å². The van der Waals surface area contributed by atoms with E-state index in [4.69, 9.17) is 33.9 Å². The van der Waals surface area contributed by atoms with E-state index >= 15 is 0 Å². The summed E-state index contributed by atoms with van der Waals surface area (Å²) in [5.74, 6) is 0.495. The Hall–Kier alpha value is -3.07. The smallest absolute Gasteiger partial charge is 0.332 e. The fraction of sp³-hybridized carbons (Fsp3) is 0.346. The number of aromatic nitrogens is 4. The van der Waals surface area contributed by atoms with Gasteiger partial charge in [0.2, 0.25) is 5.95 Å². The third-order valence-electron chi connectivity index (χ3n) is 6.94. The lowest BCUT2D eigenvalue weighted by molar-refractivity contribution is 0.401. The molecule has 1 fully saturated rings. The standard InChI is InChI=1S/C26H28Cl2N6O2/c1-32-23-22(24(35)34(26(32)36)15-17-9-3-5-11-19(17)28)33(14-16-8-2-4-10-18(16)27)25(31-23)30-21-13-7-6-12-20(21)29/h2-5,8-11,20-21H,6-7,12-15,29H2,1H3,(H,30,31). The number of fused-ring (bicyclic) bond motifs is 1. The van der Waals surface area contributed by atoms with E-state index in [1.165, 1.54) is 9.13 Å². The molecule has 4 aromatic rings. The van der Waals surface area contributed by atoms with Crippen LogP contribution >= 0.6 is 23.2 Å². The van der Waals surface area contributed by atoms with Crippen LogP contribution in [0.15, 0.2) is 58.1 Å². The highest BCUT2D eigenvalue weighted by atomic mass is 35.5. The Morgan fingerprint density at radius 1 is 0.944 bits per heavy atom. The van der Waals surface area contributed by atoms with Crippen LogP contribution in [0.2, 0.25) is 10.0 Å². The van der Waals surface area contributed by atoms with Crippen molar-refractivity contribution in [3.8, 4) is 0 Å². The Morgan fingerprint density at radius 2 is 1.53 bits per heavy atom. The average molecular weight is 527 g/mol. The van der Waals surface area contributed by atoms with E-state index in [-0.39, 0.29) is 18.6 Å². The molecule has 0 radical (unpaired) electrons. The molecule has 2 aromatic carbocycles. The lowest BCUT2D eigenvalue weighted by Crippen LogP contribution is -2.43. The number of imidazole rings is 1. The average Bonchev–Trinajstić information content (AvgIpc) is 3.22. The summed E-state index contributed by atoms with van der Waals surface area (Å²) in [7, 11) is 1.62. The van der Waals surface area contributed by atoms with Crippen molar-refractivity contribution in [2.45, 2.75) is 50.9 Å². The maximum Gasteiger partial charge on any atom is 0.332 e. The van der Waals surface area contributed by atoms with Gasteiger partial charge in [-0.25, -0.2) is 4.79 Å². The molecule has 2 heterocycles. The number of aryl methyl sites for hydroxylation is 1. The highest BCUT2D eigenvalue weighted by Crippen LogP contribution is 2.26. The quantitative estimate of drug-likeness (QED) is 0.395. The minimum absolute atomic E-state index is 0.0166. The molecule has 8 nitrogen and oxygen atoms in total. The number of nitrogens with two attached hydrogens (primary N) is 1. The first-order chi connectivity index (χ1) is 17.3. The zero-order chi connectivity index (χ0) is 25.4. The molecule has 0 spiro atoms. The van der Waals surface area contributed by atoms with Crippen molar-refractivity contribution in [3.05, 3.63) is 90.5 Å². The minimum atomic E-state index is -0.462. The molecular weight excluding hydrogens is 499 g/mol. The van der Waals surface area contributed by atoms with Gasteiger partial charge in [0.05, 0.1) is 13.1 Å². The van der Waals surface area contributed by atoms with Crippen molar-refractivity contribution in [2.24, 2.45) is 12.8 Å². The van der Waals surface area contributed by atoms with Gasteiger partial charge in [0.15, 0.2) is 11.2 Å². The van der Waals surface area contributed by atoms with Crippen molar-refractivity contribution in [2.75, 3.05) is 5.32 Å². The third kappa shape index (κ3) is 4.56. The van der Waals surface area contributed by atoms with Crippen molar-refractivity contribution in [1.82, 2.24) is 18.7 Å². The molecule has 0 saturated heterocycles. The summed E-state index contributed by atoms with van der Waals surface area (Å²) in [6.07, 6.45) is 3.99. The Bertz CT molecular complexity index is 1540. The molecule has 1 aliphatic rings. The topological polar surface area (TPSA) is 99.9 Å². The molecule has 36 heavy (non-hydrogen) atoms. The van der Waals surface area contributed by atoms with Gasteiger partial charge in [0.25, 0.3) is 5.56 Å². The van der Waals surface area contributed by atoms with Gasteiger partial charge in [0, 0.05) is 29.2 Å². The van der Waals surface area contributed by atoms with Crippen molar-refractivity contribution < 1.29 is 0 Å². The first-order valence-corrected chi connectivity index (χ1v) is 12.8. The fourth-order valence-electron chi connectivity index (χ4n) is 4.87. The van der Waals surface area contributed by atoms with Gasteiger partial charge in [-0.2, -0.15) is 4.98 Å². The molecule has 5 rings (SSSR count). The van der Waals surface area contributed by atoms with Gasteiger partial charge in [-0.15, -0.1) is 0 Å². The molecule has 0 aliphatic heterocycles. The molecule has 1 saturated carbocycles. The van der Waals surface area contributed by atoms with Crippen LogP contribution in [0.1, 0.15) is 36.8 Å². The molecule has 3 N–H and O–H groups in total. The van der Waals surface area contributed by atoms with E-state index in [0.29, 0.717) is 39.3 Å². The van der Waals surface area contributed by atoms with Gasteiger partial charge < -0.3 is 11.1 Å².